The molecule has 1 saturated carbocycles. The topological polar surface area (TPSA) is 60.7 Å². The smallest absolute Gasteiger partial charge is 0.105 e. The van der Waals surface area contributed by atoms with Gasteiger partial charge in [-0.15, -0.1) is 0 Å². The van der Waals surface area contributed by atoms with Gasteiger partial charge in [0.05, 0.1) is 12.2 Å². The van der Waals surface area contributed by atoms with E-state index in [4.69, 9.17) is 5.11 Å². The molecule has 0 radical (unpaired) electrons. The number of aliphatic hydroxyl groups is 3. The third kappa shape index (κ3) is 3.52. The van der Waals surface area contributed by atoms with Crippen LogP contribution in [0.15, 0.2) is 11.6 Å². The van der Waals surface area contributed by atoms with Crippen molar-refractivity contribution < 1.29 is 15.3 Å². The van der Waals surface area contributed by atoms with Crippen molar-refractivity contribution in [1.29, 1.82) is 0 Å². The number of fused-ring (bicyclic) bond motifs is 1. The highest BCUT2D eigenvalue weighted by molar-refractivity contribution is 5.18. The minimum atomic E-state index is -1.22. The minimum absolute atomic E-state index is 0.279. The van der Waals surface area contributed by atoms with Crippen molar-refractivity contribution in [1.82, 2.24) is 0 Å². The molecular formula is C20H36O3. The van der Waals surface area contributed by atoms with Crippen molar-refractivity contribution in [3.05, 3.63) is 11.6 Å². The summed E-state index contributed by atoms with van der Waals surface area (Å²) in [5, 5.41) is 29.4. The fourth-order valence-corrected chi connectivity index (χ4v) is 5.49. The van der Waals surface area contributed by atoms with E-state index in [9.17, 15) is 10.2 Å². The van der Waals surface area contributed by atoms with Gasteiger partial charge in [-0.1, -0.05) is 38.8 Å². The van der Waals surface area contributed by atoms with Crippen LogP contribution in [-0.2, 0) is 0 Å². The number of aliphatic hydroxyl groups excluding tert-OH is 2. The summed E-state index contributed by atoms with van der Waals surface area (Å²) in [5.41, 5.74) is 0.870. The van der Waals surface area contributed by atoms with Crippen LogP contribution >= 0.6 is 0 Å². The Balaban J connectivity index is 2.20. The van der Waals surface area contributed by atoms with Crippen LogP contribution in [-0.4, -0.2) is 33.6 Å². The summed E-state index contributed by atoms with van der Waals surface area (Å²) in [5.74, 6) is 1.14. The molecule has 2 aliphatic rings. The zero-order valence-electron chi connectivity index (χ0n) is 15.6. The van der Waals surface area contributed by atoms with Gasteiger partial charge in [-0.2, -0.15) is 0 Å². The third-order valence-electron chi connectivity index (χ3n) is 7.13. The molecule has 1 fully saturated rings. The first kappa shape index (κ1) is 19.0. The van der Waals surface area contributed by atoms with Gasteiger partial charge in [0.15, 0.2) is 0 Å². The monoisotopic (exact) mass is 324 g/mol. The van der Waals surface area contributed by atoms with E-state index in [2.05, 4.69) is 33.8 Å². The molecule has 0 aromatic carbocycles. The van der Waals surface area contributed by atoms with Crippen LogP contribution < -0.4 is 0 Å². The molecule has 5 atom stereocenters. The summed E-state index contributed by atoms with van der Waals surface area (Å²) in [7, 11) is 0. The van der Waals surface area contributed by atoms with Crippen molar-refractivity contribution in [2.24, 2.45) is 22.7 Å². The lowest BCUT2D eigenvalue weighted by molar-refractivity contribution is -0.0971. The van der Waals surface area contributed by atoms with Gasteiger partial charge in [0.2, 0.25) is 0 Å². The van der Waals surface area contributed by atoms with Crippen LogP contribution in [0.4, 0.5) is 0 Å². The van der Waals surface area contributed by atoms with Crippen LogP contribution in [0.1, 0.15) is 73.1 Å². The van der Waals surface area contributed by atoms with E-state index in [0.717, 1.165) is 6.42 Å². The van der Waals surface area contributed by atoms with E-state index in [-0.39, 0.29) is 12.0 Å². The first-order valence-electron chi connectivity index (χ1n) is 9.22. The Morgan fingerprint density at radius 2 is 1.96 bits per heavy atom. The summed E-state index contributed by atoms with van der Waals surface area (Å²) in [6, 6.07) is 0. The highest BCUT2D eigenvalue weighted by Crippen LogP contribution is 2.60. The SMILES string of the molecule is CC1=CC[C@H]2C(C)(C)CCC[C@@]2(C)[C@H]1CC[C@@](C)(O)[C@H](O)CO. The fourth-order valence-electron chi connectivity index (χ4n) is 5.49. The average Bonchev–Trinajstić information content (AvgIpc) is 2.44. The number of hydrogen-bond acceptors (Lipinski definition) is 3. The number of hydrogen-bond donors (Lipinski definition) is 3. The summed E-state index contributed by atoms with van der Waals surface area (Å²) in [4.78, 5) is 0. The highest BCUT2D eigenvalue weighted by Gasteiger charge is 2.51. The Morgan fingerprint density at radius 3 is 2.57 bits per heavy atom. The Bertz CT molecular complexity index is 452. The van der Waals surface area contributed by atoms with Gasteiger partial charge in [0.25, 0.3) is 0 Å². The molecule has 0 saturated heterocycles. The van der Waals surface area contributed by atoms with Crippen molar-refractivity contribution in [3.63, 3.8) is 0 Å². The number of rotatable bonds is 5. The summed E-state index contributed by atoms with van der Waals surface area (Å²) >= 11 is 0. The summed E-state index contributed by atoms with van der Waals surface area (Å²) in [6.45, 7) is 10.7. The third-order valence-corrected chi connectivity index (χ3v) is 7.13. The molecular weight excluding hydrogens is 288 g/mol. The second-order valence-corrected chi connectivity index (χ2v) is 9.23. The van der Waals surface area contributed by atoms with E-state index < -0.39 is 11.7 Å². The molecule has 0 aliphatic heterocycles. The quantitative estimate of drug-likeness (QED) is 0.676. The average molecular weight is 325 g/mol. The molecule has 3 nitrogen and oxygen atoms in total. The highest BCUT2D eigenvalue weighted by atomic mass is 16.4. The van der Waals surface area contributed by atoms with Gasteiger partial charge in [-0.3, -0.25) is 0 Å². The molecule has 3 heteroatoms. The molecule has 2 rings (SSSR count). The van der Waals surface area contributed by atoms with E-state index in [1.54, 1.807) is 6.92 Å². The van der Waals surface area contributed by atoms with Gasteiger partial charge in [0.1, 0.15) is 6.10 Å². The lowest BCUT2D eigenvalue weighted by Crippen LogP contribution is -2.49. The minimum Gasteiger partial charge on any atom is -0.394 e. The van der Waals surface area contributed by atoms with Crippen LogP contribution in [0.3, 0.4) is 0 Å². The second-order valence-electron chi connectivity index (χ2n) is 9.23. The molecule has 0 heterocycles. The van der Waals surface area contributed by atoms with Crippen LogP contribution in [0.2, 0.25) is 0 Å². The van der Waals surface area contributed by atoms with E-state index in [1.807, 2.05) is 0 Å². The summed E-state index contributed by atoms with van der Waals surface area (Å²) < 4.78 is 0. The molecule has 0 aromatic rings. The standard InChI is InChI=1S/C20H36O3/c1-14-7-8-16-18(2,3)10-6-11-19(16,4)15(14)9-12-20(5,23)17(22)13-21/h7,15-17,21-23H,6,8-13H2,1-5H3/t15-,16-,17+,19-,20+/m0/s1. The van der Waals surface area contributed by atoms with E-state index in [0.29, 0.717) is 23.7 Å². The number of allylic oxidation sites excluding steroid dienone is 2. The lowest BCUT2D eigenvalue weighted by Gasteiger charge is -2.57. The molecule has 134 valence electrons. The molecule has 0 aromatic heterocycles. The maximum absolute atomic E-state index is 10.5. The van der Waals surface area contributed by atoms with Crippen LogP contribution in [0, 0.1) is 22.7 Å². The molecule has 0 spiro atoms. The fraction of sp³-hybridized carbons (Fsp3) is 0.900. The largest absolute Gasteiger partial charge is 0.394 e. The van der Waals surface area contributed by atoms with Gasteiger partial charge in [-0.25, -0.2) is 0 Å². The van der Waals surface area contributed by atoms with E-state index in [1.165, 1.54) is 31.3 Å². The molecule has 0 unspecified atom stereocenters. The van der Waals surface area contributed by atoms with E-state index >= 15 is 0 Å². The Labute approximate surface area is 141 Å². The van der Waals surface area contributed by atoms with Gasteiger partial charge in [0, 0.05) is 0 Å². The van der Waals surface area contributed by atoms with Crippen molar-refractivity contribution in [3.8, 4) is 0 Å². The second kappa shape index (κ2) is 6.50. The molecule has 23 heavy (non-hydrogen) atoms. The normalized spacial score (nSPS) is 37.5. The summed E-state index contributed by atoms with van der Waals surface area (Å²) in [6.07, 6.45) is 7.72. The van der Waals surface area contributed by atoms with Crippen molar-refractivity contribution in [2.45, 2.75) is 84.8 Å². The molecule has 3 N–H and O–H groups in total. The lowest BCUT2D eigenvalue weighted by atomic mass is 9.48. The molecule has 0 amide bonds. The Hall–Kier alpha value is -0.380. The maximum Gasteiger partial charge on any atom is 0.105 e. The predicted octanol–water partition coefficient (Wildman–Crippen LogP) is 3.67. The van der Waals surface area contributed by atoms with Gasteiger partial charge >= 0.3 is 0 Å². The predicted molar refractivity (Wildman–Crippen MR) is 94.0 cm³/mol. The van der Waals surface area contributed by atoms with Crippen molar-refractivity contribution in [2.75, 3.05) is 6.61 Å². The first-order chi connectivity index (χ1) is 10.5. The molecule has 2 aliphatic carbocycles. The Kier molecular flexibility index (Phi) is 5.35. The Morgan fingerprint density at radius 1 is 1.30 bits per heavy atom. The van der Waals surface area contributed by atoms with Gasteiger partial charge in [-0.05, 0) is 68.6 Å². The zero-order valence-corrected chi connectivity index (χ0v) is 15.6. The zero-order chi connectivity index (χ0) is 17.5. The van der Waals surface area contributed by atoms with Crippen LogP contribution in [0.25, 0.3) is 0 Å². The molecule has 0 bridgehead atoms. The van der Waals surface area contributed by atoms with Crippen LogP contribution in [0.5, 0.6) is 0 Å². The van der Waals surface area contributed by atoms with Gasteiger partial charge < -0.3 is 15.3 Å². The first-order valence-corrected chi connectivity index (χ1v) is 9.22. The van der Waals surface area contributed by atoms with Crippen molar-refractivity contribution >= 4 is 0 Å². The maximum atomic E-state index is 10.5.